The smallest absolute Gasteiger partial charge is 0.128 e. The predicted octanol–water partition coefficient (Wildman–Crippen LogP) is 1.44. The SMILES string of the molecule is CN(C)CCOc1ccccc1C=NO. The zero-order valence-electron chi connectivity index (χ0n) is 9.05. The molecule has 0 aromatic heterocycles. The monoisotopic (exact) mass is 208 g/mol. The molecule has 0 aliphatic rings. The van der Waals surface area contributed by atoms with Gasteiger partial charge in [0.25, 0.3) is 0 Å². The Morgan fingerprint density at radius 1 is 1.40 bits per heavy atom. The van der Waals surface area contributed by atoms with Crippen molar-refractivity contribution < 1.29 is 9.94 Å². The van der Waals surface area contributed by atoms with E-state index < -0.39 is 0 Å². The number of nitrogens with zero attached hydrogens (tertiary/aromatic N) is 2. The van der Waals surface area contributed by atoms with Gasteiger partial charge < -0.3 is 14.8 Å². The molecule has 4 nitrogen and oxygen atoms in total. The van der Waals surface area contributed by atoms with E-state index in [9.17, 15) is 0 Å². The van der Waals surface area contributed by atoms with Crippen molar-refractivity contribution in [3.05, 3.63) is 29.8 Å². The number of hydrogen-bond donors (Lipinski definition) is 1. The first-order valence-corrected chi connectivity index (χ1v) is 4.78. The van der Waals surface area contributed by atoms with Gasteiger partial charge >= 0.3 is 0 Å². The topological polar surface area (TPSA) is 45.1 Å². The average molecular weight is 208 g/mol. The van der Waals surface area contributed by atoms with Crippen LogP contribution in [0.3, 0.4) is 0 Å². The van der Waals surface area contributed by atoms with Crippen molar-refractivity contribution in [1.29, 1.82) is 0 Å². The van der Waals surface area contributed by atoms with E-state index in [2.05, 4.69) is 5.16 Å². The maximum absolute atomic E-state index is 8.46. The number of oxime groups is 1. The quantitative estimate of drug-likeness (QED) is 0.452. The van der Waals surface area contributed by atoms with E-state index in [1.54, 1.807) is 0 Å². The molecule has 0 spiro atoms. The number of rotatable bonds is 5. The van der Waals surface area contributed by atoms with Gasteiger partial charge in [-0.2, -0.15) is 0 Å². The normalized spacial score (nSPS) is 11.1. The van der Waals surface area contributed by atoms with Gasteiger partial charge in [-0.3, -0.25) is 0 Å². The molecule has 1 N–H and O–H groups in total. The molecule has 0 saturated carbocycles. The van der Waals surface area contributed by atoms with Crippen molar-refractivity contribution in [1.82, 2.24) is 4.90 Å². The molecule has 0 atom stereocenters. The summed E-state index contributed by atoms with van der Waals surface area (Å²) in [7, 11) is 3.98. The van der Waals surface area contributed by atoms with Crippen molar-refractivity contribution in [2.45, 2.75) is 0 Å². The minimum atomic E-state index is 0.614. The van der Waals surface area contributed by atoms with Gasteiger partial charge in [0, 0.05) is 12.1 Å². The lowest BCUT2D eigenvalue weighted by Crippen LogP contribution is -2.19. The Kier molecular flexibility index (Phi) is 4.63. The number of ether oxygens (including phenoxy) is 1. The lowest BCUT2D eigenvalue weighted by atomic mass is 10.2. The number of benzene rings is 1. The van der Waals surface area contributed by atoms with E-state index in [4.69, 9.17) is 9.94 Å². The molecule has 1 aromatic carbocycles. The third kappa shape index (κ3) is 3.99. The molecular weight excluding hydrogens is 192 g/mol. The second-order valence-corrected chi connectivity index (χ2v) is 3.43. The van der Waals surface area contributed by atoms with Crippen LogP contribution in [0.2, 0.25) is 0 Å². The summed E-state index contributed by atoms with van der Waals surface area (Å²) in [5.74, 6) is 0.733. The van der Waals surface area contributed by atoms with Gasteiger partial charge in [0.15, 0.2) is 0 Å². The van der Waals surface area contributed by atoms with Crippen LogP contribution in [0.1, 0.15) is 5.56 Å². The van der Waals surface area contributed by atoms with E-state index in [1.807, 2.05) is 43.3 Å². The molecule has 0 aliphatic carbocycles. The van der Waals surface area contributed by atoms with E-state index in [0.717, 1.165) is 17.9 Å². The molecule has 0 fully saturated rings. The van der Waals surface area contributed by atoms with Crippen molar-refractivity contribution in [3.63, 3.8) is 0 Å². The predicted molar refractivity (Wildman–Crippen MR) is 59.9 cm³/mol. The molecule has 0 radical (unpaired) electrons. The molecule has 0 aliphatic heterocycles. The van der Waals surface area contributed by atoms with E-state index in [1.165, 1.54) is 6.21 Å². The van der Waals surface area contributed by atoms with E-state index in [-0.39, 0.29) is 0 Å². The highest BCUT2D eigenvalue weighted by atomic mass is 16.5. The van der Waals surface area contributed by atoms with Crippen LogP contribution in [0.25, 0.3) is 0 Å². The maximum Gasteiger partial charge on any atom is 0.128 e. The molecule has 0 saturated heterocycles. The van der Waals surface area contributed by atoms with Crippen LogP contribution in [0, 0.1) is 0 Å². The van der Waals surface area contributed by atoms with Crippen LogP contribution >= 0.6 is 0 Å². The first-order valence-electron chi connectivity index (χ1n) is 4.78. The van der Waals surface area contributed by atoms with Crippen molar-refractivity contribution in [3.8, 4) is 5.75 Å². The van der Waals surface area contributed by atoms with Crippen molar-refractivity contribution in [2.75, 3.05) is 27.2 Å². The van der Waals surface area contributed by atoms with Gasteiger partial charge in [0.2, 0.25) is 0 Å². The van der Waals surface area contributed by atoms with Gasteiger partial charge in [-0.15, -0.1) is 0 Å². The zero-order chi connectivity index (χ0) is 11.1. The molecule has 4 heteroatoms. The van der Waals surface area contributed by atoms with Crippen LogP contribution in [0.15, 0.2) is 29.4 Å². The van der Waals surface area contributed by atoms with Gasteiger partial charge in [0.05, 0.1) is 6.21 Å². The Labute approximate surface area is 89.8 Å². The summed E-state index contributed by atoms with van der Waals surface area (Å²) in [6.45, 7) is 1.47. The fourth-order valence-corrected chi connectivity index (χ4v) is 1.12. The van der Waals surface area contributed by atoms with Crippen LogP contribution in [0.5, 0.6) is 5.75 Å². The number of likely N-dealkylation sites (N-methyl/N-ethyl adjacent to an activating group) is 1. The minimum absolute atomic E-state index is 0.614. The summed E-state index contributed by atoms with van der Waals surface area (Å²) in [6, 6.07) is 7.45. The largest absolute Gasteiger partial charge is 0.492 e. The molecule has 0 bridgehead atoms. The van der Waals surface area contributed by atoms with Gasteiger partial charge in [0.1, 0.15) is 12.4 Å². The second kappa shape index (κ2) is 6.03. The van der Waals surface area contributed by atoms with Crippen molar-refractivity contribution in [2.24, 2.45) is 5.16 Å². The highest BCUT2D eigenvalue weighted by molar-refractivity contribution is 5.82. The third-order valence-corrected chi connectivity index (χ3v) is 1.91. The van der Waals surface area contributed by atoms with Gasteiger partial charge in [-0.25, -0.2) is 0 Å². The Balaban J connectivity index is 2.59. The summed E-state index contributed by atoms with van der Waals surface area (Å²) in [5, 5.41) is 11.5. The Bertz CT molecular complexity index is 324. The van der Waals surface area contributed by atoms with Crippen LogP contribution in [0.4, 0.5) is 0 Å². The first-order chi connectivity index (χ1) is 7.24. The molecule has 15 heavy (non-hydrogen) atoms. The highest BCUT2D eigenvalue weighted by Crippen LogP contribution is 2.15. The standard InChI is InChI=1S/C11H16N2O2/c1-13(2)7-8-15-11-6-4-3-5-10(11)9-12-14/h3-6,9,14H,7-8H2,1-2H3. The zero-order valence-corrected chi connectivity index (χ0v) is 9.05. The van der Waals surface area contributed by atoms with E-state index >= 15 is 0 Å². The fraction of sp³-hybridized carbons (Fsp3) is 0.364. The average Bonchev–Trinajstić information content (AvgIpc) is 2.20. The molecule has 82 valence electrons. The van der Waals surface area contributed by atoms with E-state index in [0.29, 0.717) is 6.61 Å². The Hall–Kier alpha value is -1.55. The Morgan fingerprint density at radius 2 is 2.13 bits per heavy atom. The second-order valence-electron chi connectivity index (χ2n) is 3.43. The van der Waals surface area contributed by atoms with Gasteiger partial charge in [-0.1, -0.05) is 17.3 Å². The Morgan fingerprint density at radius 3 is 2.80 bits per heavy atom. The summed E-state index contributed by atoms with van der Waals surface area (Å²) in [4.78, 5) is 2.04. The molecule has 1 aromatic rings. The van der Waals surface area contributed by atoms with Crippen LogP contribution in [-0.4, -0.2) is 43.6 Å². The highest BCUT2D eigenvalue weighted by Gasteiger charge is 2.00. The summed E-state index contributed by atoms with van der Waals surface area (Å²) >= 11 is 0. The maximum atomic E-state index is 8.46. The summed E-state index contributed by atoms with van der Waals surface area (Å²) < 4.78 is 5.56. The van der Waals surface area contributed by atoms with Crippen LogP contribution in [-0.2, 0) is 0 Å². The van der Waals surface area contributed by atoms with Crippen molar-refractivity contribution >= 4 is 6.21 Å². The molecule has 0 amide bonds. The third-order valence-electron chi connectivity index (χ3n) is 1.91. The molecule has 1 rings (SSSR count). The minimum Gasteiger partial charge on any atom is -0.492 e. The van der Waals surface area contributed by atoms with Crippen LogP contribution < -0.4 is 4.74 Å². The summed E-state index contributed by atoms with van der Waals surface area (Å²) in [5.41, 5.74) is 0.777. The fourth-order valence-electron chi connectivity index (χ4n) is 1.12. The molecular formula is C11H16N2O2. The lowest BCUT2D eigenvalue weighted by molar-refractivity contribution is 0.261. The first kappa shape index (κ1) is 11.5. The number of para-hydroxylation sites is 1. The summed E-state index contributed by atoms with van der Waals surface area (Å²) in [6.07, 6.45) is 1.37. The van der Waals surface area contributed by atoms with Gasteiger partial charge in [-0.05, 0) is 26.2 Å². The lowest BCUT2D eigenvalue weighted by Gasteiger charge is -2.12. The molecule has 0 unspecified atom stereocenters. The molecule has 0 heterocycles. The number of hydrogen-bond acceptors (Lipinski definition) is 4.